The third kappa shape index (κ3) is 6.23. The maximum absolute atomic E-state index is 12.7. The first-order chi connectivity index (χ1) is 16.5. The molecule has 2 amide bonds. The van der Waals surface area contributed by atoms with E-state index in [-0.39, 0.29) is 18.4 Å². The van der Waals surface area contributed by atoms with Crippen molar-refractivity contribution in [2.75, 3.05) is 36.4 Å². The largest absolute Gasteiger partial charge is 0.369 e. The molecule has 8 heteroatoms. The Hall–Kier alpha value is -3.65. The third-order valence-electron chi connectivity index (χ3n) is 6.07. The molecule has 2 heterocycles. The van der Waals surface area contributed by atoms with Crippen molar-refractivity contribution in [1.82, 2.24) is 20.0 Å². The van der Waals surface area contributed by atoms with Gasteiger partial charge in [-0.25, -0.2) is 0 Å². The summed E-state index contributed by atoms with van der Waals surface area (Å²) in [6, 6.07) is 17.6. The molecule has 178 valence electrons. The Morgan fingerprint density at radius 1 is 1.00 bits per heavy atom. The Bertz CT molecular complexity index is 1090. The lowest BCUT2D eigenvalue weighted by Crippen LogP contribution is -2.48. The van der Waals surface area contributed by atoms with Gasteiger partial charge in [0.25, 0.3) is 5.91 Å². The van der Waals surface area contributed by atoms with E-state index in [1.807, 2.05) is 48.5 Å². The Kier molecular flexibility index (Phi) is 7.59. The van der Waals surface area contributed by atoms with Gasteiger partial charge in [-0.15, -0.1) is 0 Å². The second-order valence-corrected chi connectivity index (χ2v) is 8.80. The van der Waals surface area contributed by atoms with E-state index in [9.17, 15) is 9.59 Å². The van der Waals surface area contributed by atoms with Crippen LogP contribution in [0.1, 0.15) is 29.8 Å². The summed E-state index contributed by atoms with van der Waals surface area (Å²) in [5.74, 6) is -0.278. The van der Waals surface area contributed by atoms with E-state index >= 15 is 0 Å². The van der Waals surface area contributed by atoms with Gasteiger partial charge in [0.15, 0.2) is 0 Å². The van der Waals surface area contributed by atoms with Crippen LogP contribution in [0.15, 0.2) is 67.0 Å². The van der Waals surface area contributed by atoms with Crippen molar-refractivity contribution in [2.24, 2.45) is 0 Å². The van der Waals surface area contributed by atoms with Crippen LogP contribution in [0.25, 0.3) is 0 Å². The Morgan fingerprint density at radius 2 is 1.76 bits per heavy atom. The summed E-state index contributed by atoms with van der Waals surface area (Å²) in [6.07, 6.45) is 3.38. The molecule has 0 spiro atoms. The number of anilines is 2. The molecule has 34 heavy (non-hydrogen) atoms. The lowest BCUT2D eigenvalue weighted by Gasteiger charge is -2.38. The van der Waals surface area contributed by atoms with Crippen LogP contribution in [0.2, 0.25) is 0 Å². The number of nitrogens with zero attached hydrogens (tertiary/aromatic N) is 4. The highest BCUT2D eigenvalue weighted by molar-refractivity contribution is 5.94. The van der Waals surface area contributed by atoms with E-state index in [2.05, 4.69) is 39.4 Å². The maximum Gasteiger partial charge on any atom is 0.251 e. The summed E-state index contributed by atoms with van der Waals surface area (Å²) in [4.78, 5) is 29.7. The summed E-state index contributed by atoms with van der Waals surface area (Å²) < 4.78 is 1.57. The Morgan fingerprint density at radius 3 is 2.44 bits per heavy atom. The van der Waals surface area contributed by atoms with Crippen LogP contribution in [-0.4, -0.2) is 58.7 Å². The fraction of sp³-hybridized carbons (Fsp3) is 0.346. The number of hydrogen-bond acceptors (Lipinski definition) is 5. The van der Waals surface area contributed by atoms with Crippen molar-refractivity contribution < 1.29 is 9.59 Å². The quantitative estimate of drug-likeness (QED) is 0.540. The normalized spacial score (nSPS) is 14.3. The van der Waals surface area contributed by atoms with Gasteiger partial charge >= 0.3 is 0 Å². The average molecular weight is 461 g/mol. The molecule has 0 aliphatic carbocycles. The predicted molar refractivity (Wildman–Crippen MR) is 134 cm³/mol. The fourth-order valence-electron chi connectivity index (χ4n) is 4.11. The summed E-state index contributed by atoms with van der Waals surface area (Å²) in [5.41, 5.74) is 3.38. The molecule has 4 rings (SSSR count). The van der Waals surface area contributed by atoms with Crippen LogP contribution < -0.4 is 15.5 Å². The monoisotopic (exact) mass is 460 g/mol. The number of rotatable bonds is 8. The molecule has 0 bridgehead atoms. The van der Waals surface area contributed by atoms with Crippen LogP contribution in [0, 0.1) is 0 Å². The van der Waals surface area contributed by atoms with Crippen molar-refractivity contribution in [1.29, 1.82) is 0 Å². The number of carbonyl (C=O) groups is 2. The highest BCUT2D eigenvalue weighted by atomic mass is 16.2. The number of aromatic nitrogens is 2. The minimum absolute atomic E-state index is 0.121. The van der Waals surface area contributed by atoms with E-state index in [0.29, 0.717) is 23.8 Å². The minimum Gasteiger partial charge on any atom is -0.369 e. The molecule has 1 saturated heterocycles. The number of piperazine rings is 1. The molecule has 0 radical (unpaired) electrons. The van der Waals surface area contributed by atoms with Gasteiger partial charge in [-0.3, -0.25) is 19.2 Å². The molecule has 1 aliphatic rings. The lowest BCUT2D eigenvalue weighted by atomic mass is 10.1. The molecule has 2 N–H and O–H groups in total. The van der Waals surface area contributed by atoms with Crippen LogP contribution in [-0.2, 0) is 17.9 Å². The molecule has 0 unspecified atom stereocenters. The van der Waals surface area contributed by atoms with E-state index in [0.717, 1.165) is 37.4 Å². The first-order valence-electron chi connectivity index (χ1n) is 11.7. The topological polar surface area (TPSA) is 82.5 Å². The summed E-state index contributed by atoms with van der Waals surface area (Å²) in [5, 5.41) is 9.87. The van der Waals surface area contributed by atoms with E-state index < -0.39 is 0 Å². The number of benzene rings is 2. The van der Waals surface area contributed by atoms with Crippen LogP contribution in [0.5, 0.6) is 0 Å². The standard InChI is InChI=1S/C26H32N6O2/c1-20(2)30-13-15-31(16-14-30)24-9-7-22(8-10-24)26(34)27-18-21-5-3-6-23(17-21)29-25(33)19-32-12-4-11-28-32/h3-12,17,20H,13-16,18-19H2,1-2H3,(H,27,34)(H,29,33). The van der Waals surface area contributed by atoms with Gasteiger partial charge in [-0.2, -0.15) is 5.10 Å². The highest BCUT2D eigenvalue weighted by Crippen LogP contribution is 2.18. The van der Waals surface area contributed by atoms with E-state index in [1.165, 1.54) is 0 Å². The van der Waals surface area contributed by atoms with Gasteiger partial charge < -0.3 is 15.5 Å². The Labute approximate surface area is 200 Å². The second-order valence-electron chi connectivity index (χ2n) is 8.80. The molecule has 8 nitrogen and oxygen atoms in total. The third-order valence-corrected chi connectivity index (χ3v) is 6.07. The molecular formula is C26H32N6O2. The van der Waals surface area contributed by atoms with Gasteiger partial charge in [0.05, 0.1) is 0 Å². The van der Waals surface area contributed by atoms with Crippen LogP contribution in [0.4, 0.5) is 11.4 Å². The molecule has 0 atom stereocenters. The summed E-state index contributed by atoms with van der Waals surface area (Å²) in [6.45, 7) is 9.11. The lowest BCUT2D eigenvalue weighted by molar-refractivity contribution is -0.116. The van der Waals surface area contributed by atoms with Crippen molar-refractivity contribution in [3.05, 3.63) is 78.1 Å². The zero-order valence-corrected chi connectivity index (χ0v) is 19.8. The maximum atomic E-state index is 12.7. The van der Waals surface area contributed by atoms with Crippen molar-refractivity contribution in [2.45, 2.75) is 33.0 Å². The average Bonchev–Trinajstić information content (AvgIpc) is 3.36. The van der Waals surface area contributed by atoms with Crippen molar-refractivity contribution in [3.8, 4) is 0 Å². The molecule has 1 aliphatic heterocycles. The molecule has 1 fully saturated rings. The summed E-state index contributed by atoms with van der Waals surface area (Å²) >= 11 is 0. The van der Waals surface area contributed by atoms with Gasteiger partial charge in [0.2, 0.25) is 5.91 Å². The van der Waals surface area contributed by atoms with Gasteiger partial charge in [-0.1, -0.05) is 12.1 Å². The van der Waals surface area contributed by atoms with Crippen molar-refractivity contribution in [3.63, 3.8) is 0 Å². The fourth-order valence-corrected chi connectivity index (χ4v) is 4.11. The number of hydrogen-bond donors (Lipinski definition) is 2. The van der Waals surface area contributed by atoms with E-state index in [1.54, 1.807) is 23.1 Å². The smallest absolute Gasteiger partial charge is 0.251 e. The predicted octanol–water partition coefficient (Wildman–Crippen LogP) is 2.98. The number of amides is 2. The van der Waals surface area contributed by atoms with Gasteiger partial charge in [0.1, 0.15) is 6.54 Å². The molecule has 0 saturated carbocycles. The number of nitrogens with one attached hydrogen (secondary N) is 2. The summed E-state index contributed by atoms with van der Waals surface area (Å²) in [7, 11) is 0. The van der Waals surface area contributed by atoms with Gasteiger partial charge in [-0.05, 0) is 61.9 Å². The second kappa shape index (κ2) is 11.0. The van der Waals surface area contributed by atoms with Crippen molar-refractivity contribution >= 4 is 23.2 Å². The van der Waals surface area contributed by atoms with E-state index in [4.69, 9.17) is 0 Å². The first kappa shape index (κ1) is 23.5. The molecule has 3 aromatic rings. The minimum atomic E-state index is -0.157. The SMILES string of the molecule is CC(C)N1CCN(c2ccc(C(=O)NCc3cccc(NC(=O)Cn4cccn4)c3)cc2)CC1. The van der Waals surface area contributed by atoms with Gasteiger partial charge in [0, 0.05) is 68.1 Å². The van der Waals surface area contributed by atoms with Crippen LogP contribution >= 0.6 is 0 Å². The first-order valence-corrected chi connectivity index (χ1v) is 11.7. The zero-order valence-electron chi connectivity index (χ0n) is 19.8. The molecular weight excluding hydrogens is 428 g/mol. The highest BCUT2D eigenvalue weighted by Gasteiger charge is 2.19. The Balaban J connectivity index is 1.27. The number of carbonyl (C=O) groups excluding carboxylic acids is 2. The molecule has 1 aromatic heterocycles. The zero-order chi connectivity index (χ0) is 23.9. The molecule has 2 aromatic carbocycles. The van der Waals surface area contributed by atoms with Crippen LogP contribution in [0.3, 0.4) is 0 Å².